The van der Waals surface area contributed by atoms with Crippen molar-refractivity contribution in [2.45, 2.75) is 44.3 Å². The summed E-state index contributed by atoms with van der Waals surface area (Å²) in [5.41, 5.74) is 4.41. The summed E-state index contributed by atoms with van der Waals surface area (Å²) in [4.78, 5) is 31.5. The van der Waals surface area contributed by atoms with E-state index in [2.05, 4.69) is 6.92 Å². The molecule has 0 aliphatic heterocycles. The van der Waals surface area contributed by atoms with Crippen LogP contribution in [0.25, 0.3) is 0 Å². The van der Waals surface area contributed by atoms with E-state index in [0.717, 1.165) is 19.3 Å². The number of carbonyl (C=O) groups is 3. The highest BCUT2D eigenvalue weighted by atomic mass is 19.4. The number of hydrogen-bond donors (Lipinski definition) is 4. The van der Waals surface area contributed by atoms with Crippen LogP contribution in [0.15, 0.2) is 0 Å². The number of aliphatic carboxylic acids is 3. The van der Waals surface area contributed by atoms with Crippen molar-refractivity contribution in [1.29, 1.82) is 0 Å². The first-order valence-corrected chi connectivity index (χ1v) is 7.42. The molecule has 0 aromatic carbocycles. The summed E-state index contributed by atoms with van der Waals surface area (Å²) in [5.74, 6) is -5.84. The summed E-state index contributed by atoms with van der Waals surface area (Å²) >= 11 is 0. The van der Waals surface area contributed by atoms with E-state index in [1.165, 1.54) is 0 Å². The minimum Gasteiger partial charge on any atom is -0.481 e. The Morgan fingerprint density at radius 2 is 1.67 bits per heavy atom. The van der Waals surface area contributed by atoms with E-state index in [4.69, 9.17) is 15.6 Å². The molecule has 2 rings (SSSR count). The quantitative estimate of drug-likeness (QED) is 0.600. The monoisotopic (exact) mass is 355 g/mol. The van der Waals surface area contributed by atoms with Crippen molar-refractivity contribution in [3.63, 3.8) is 0 Å². The molecular formula is C14H20F3NO6. The Labute approximate surface area is 135 Å². The second kappa shape index (κ2) is 6.96. The van der Waals surface area contributed by atoms with E-state index in [9.17, 15) is 33.0 Å². The van der Waals surface area contributed by atoms with Crippen molar-refractivity contribution in [2.75, 3.05) is 0 Å². The molecule has 2 aliphatic carbocycles. The first kappa shape index (κ1) is 20.2. The van der Waals surface area contributed by atoms with E-state index >= 15 is 0 Å². The Kier molecular flexibility index (Phi) is 5.86. The molecule has 2 fully saturated rings. The molecular weight excluding hydrogens is 335 g/mol. The van der Waals surface area contributed by atoms with Crippen molar-refractivity contribution >= 4 is 17.9 Å². The molecule has 5 atom stereocenters. The van der Waals surface area contributed by atoms with Crippen LogP contribution in [0.4, 0.5) is 13.2 Å². The van der Waals surface area contributed by atoms with Gasteiger partial charge in [0.05, 0.1) is 5.92 Å². The average Bonchev–Trinajstić information content (AvgIpc) is 2.94. The third-order valence-corrected chi connectivity index (χ3v) is 4.87. The van der Waals surface area contributed by atoms with Crippen LogP contribution >= 0.6 is 0 Å². The van der Waals surface area contributed by atoms with Gasteiger partial charge in [0.1, 0.15) is 5.54 Å². The molecule has 10 heteroatoms. The SMILES string of the molecule is CCC[C@@H]1C[C@H]2CC1[C@](N)(C(=O)O)[C@H]2C(=O)O.O=C(O)C(F)(F)F. The van der Waals surface area contributed by atoms with Gasteiger partial charge >= 0.3 is 24.1 Å². The van der Waals surface area contributed by atoms with Crippen molar-refractivity contribution in [1.82, 2.24) is 0 Å². The minimum atomic E-state index is -5.08. The summed E-state index contributed by atoms with van der Waals surface area (Å²) in [6.07, 6.45) is -1.67. The third kappa shape index (κ3) is 3.63. The van der Waals surface area contributed by atoms with Gasteiger partial charge in [0.25, 0.3) is 0 Å². The molecule has 2 bridgehead atoms. The number of hydrogen-bond acceptors (Lipinski definition) is 4. The topological polar surface area (TPSA) is 138 Å². The van der Waals surface area contributed by atoms with Gasteiger partial charge in [0.2, 0.25) is 0 Å². The molecule has 0 spiro atoms. The van der Waals surface area contributed by atoms with Crippen LogP contribution in [0, 0.1) is 23.7 Å². The Hall–Kier alpha value is -1.84. The zero-order valence-electron chi connectivity index (χ0n) is 12.9. The van der Waals surface area contributed by atoms with Crippen LogP contribution < -0.4 is 5.73 Å². The number of carboxylic acids is 3. The lowest BCUT2D eigenvalue weighted by Gasteiger charge is -2.39. The number of halogens is 3. The summed E-state index contributed by atoms with van der Waals surface area (Å²) in [6, 6.07) is 0. The van der Waals surface area contributed by atoms with Crippen LogP contribution in [-0.2, 0) is 14.4 Å². The summed E-state index contributed by atoms with van der Waals surface area (Å²) < 4.78 is 31.7. The van der Waals surface area contributed by atoms with E-state index in [1.54, 1.807) is 0 Å². The molecule has 0 aromatic heterocycles. The highest BCUT2D eigenvalue weighted by Gasteiger charge is 2.66. The first-order valence-electron chi connectivity index (χ1n) is 7.42. The van der Waals surface area contributed by atoms with Gasteiger partial charge in [-0.2, -0.15) is 13.2 Å². The van der Waals surface area contributed by atoms with Gasteiger partial charge in [0, 0.05) is 0 Å². The molecule has 0 aromatic rings. The highest BCUT2D eigenvalue weighted by Crippen LogP contribution is 2.57. The minimum absolute atomic E-state index is 0.0600. The molecule has 0 heterocycles. The summed E-state index contributed by atoms with van der Waals surface area (Å²) in [5, 5.41) is 25.6. The summed E-state index contributed by atoms with van der Waals surface area (Å²) in [7, 11) is 0. The first-order chi connectivity index (χ1) is 10.9. The van der Waals surface area contributed by atoms with E-state index < -0.39 is 35.5 Å². The van der Waals surface area contributed by atoms with Gasteiger partial charge in [-0.05, 0) is 30.6 Å². The Morgan fingerprint density at radius 3 is 2.00 bits per heavy atom. The van der Waals surface area contributed by atoms with Crippen LogP contribution in [-0.4, -0.2) is 44.9 Å². The second-order valence-electron chi connectivity index (χ2n) is 6.24. The third-order valence-electron chi connectivity index (χ3n) is 4.87. The van der Waals surface area contributed by atoms with E-state index in [-0.39, 0.29) is 17.8 Å². The van der Waals surface area contributed by atoms with Crippen LogP contribution in [0.5, 0.6) is 0 Å². The maximum Gasteiger partial charge on any atom is 0.490 e. The molecule has 5 N–H and O–H groups in total. The predicted molar refractivity (Wildman–Crippen MR) is 74.0 cm³/mol. The van der Waals surface area contributed by atoms with E-state index in [1.807, 2.05) is 0 Å². The maximum absolute atomic E-state index is 11.4. The Bertz CT molecular complexity index is 523. The molecule has 0 saturated heterocycles. The zero-order chi connectivity index (χ0) is 18.9. The van der Waals surface area contributed by atoms with Gasteiger partial charge in [0.15, 0.2) is 0 Å². The normalized spacial score (nSPS) is 34.4. The van der Waals surface area contributed by atoms with Crippen LogP contribution in [0.3, 0.4) is 0 Å². The average molecular weight is 355 g/mol. The standard InChI is InChI=1S/C12H19NO4.C2HF3O2/c1-2-3-6-4-7-5-8(6)12(13,11(16)17)9(7)10(14)15;3-2(4,5)1(6)7/h6-9H,2-5,13H2,1H3,(H,14,15)(H,16,17);(H,6,7)/t6-,7+,8?,9-,12-;/m1./s1. The van der Waals surface area contributed by atoms with Crippen molar-refractivity contribution in [3.8, 4) is 0 Å². The van der Waals surface area contributed by atoms with Gasteiger partial charge in [-0.3, -0.25) is 9.59 Å². The van der Waals surface area contributed by atoms with Crippen molar-refractivity contribution < 1.29 is 42.9 Å². The van der Waals surface area contributed by atoms with E-state index in [0.29, 0.717) is 6.42 Å². The molecule has 1 unspecified atom stereocenters. The van der Waals surface area contributed by atoms with Crippen LogP contribution in [0.1, 0.15) is 32.6 Å². The number of carboxylic acid groups (broad SMARTS) is 3. The van der Waals surface area contributed by atoms with Gasteiger partial charge < -0.3 is 21.1 Å². The highest BCUT2D eigenvalue weighted by molar-refractivity contribution is 5.88. The molecule has 0 amide bonds. The largest absolute Gasteiger partial charge is 0.490 e. The number of rotatable bonds is 4. The Morgan fingerprint density at radius 1 is 1.17 bits per heavy atom. The number of nitrogens with two attached hydrogens (primary N) is 1. The Balaban J connectivity index is 0.000000351. The summed E-state index contributed by atoms with van der Waals surface area (Å²) in [6.45, 7) is 2.06. The van der Waals surface area contributed by atoms with Crippen molar-refractivity contribution in [3.05, 3.63) is 0 Å². The second-order valence-corrected chi connectivity index (χ2v) is 6.24. The number of alkyl halides is 3. The van der Waals surface area contributed by atoms with Crippen LogP contribution in [0.2, 0.25) is 0 Å². The molecule has 24 heavy (non-hydrogen) atoms. The molecule has 7 nitrogen and oxygen atoms in total. The lowest BCUT2D eigenvalue weighted by molar-refractivity contribution is -0.192. The smallest absolute Gasteiger partial charge is 0.481 e. The van der Waals surface area contributed by atoms with Gasteiger partial charge in [-0.1, -0.05) is 19.8 Å². The number of fused-ring (bicyclic) bond motifs is 2. The molecule has 2 saturated carbocycles. The predicted octanol–water partition coefficient (Wildman–Crippen LogP) is 1.56. The zero-order valence-corrected chi connectivity index (χ0v) is 12.9. The maximum atomic E-state index is 11.4. The lowest BCUT2D eigenvalue weighted by Crippen LogP contribution is -2.61. The molecule has 0 radical (unpaired) electrons. The fraction of sp³-hybridized carbons (Fsp3) is 0.786. The fourth-order valence-corrected chi connectivity index (χ4v) is 4.03. The molecule has 138 valence electrons. The van der Waals surface area contributed by atoms with Gasteiger partial charge in [-0.15, -0.1) is 0 Å². The van der Waals surface area contributed by atoms with Gasteiger partial charge in [-0.25, -0.2) is 4.79 Å². The lowest BCUT2D eigenvalue weighted by atomic mass is 9.67. The fourth-order valence-electron chi connectivity index (χ4n) is 4.03. The molecule has 2 aliphatic rings. The van der Waals surface area contributed by atoms with Crippen molar-refractivity contribution in [2.24, 2.45) is 29.4 Å².